The van der Waals surface area contributed by atoms with Gasteiger partial charge in [0.25, 0.3) is 5.91 Å². The number of hydrogen-bond acceptors (Lipinski definition) is 3. The molecule has 0 saturated carbocycles. The van der Waals surface area contributed by atoms with Crippen molar-refractivity contribution in [2.45, 2.75) is 26.8 Å². The first-order valence-electron chi connectivity index (χ1n) is 6.25. The second-order valence-electron chi connectivity index (χ2n) is 4.04. The van der Waals surface area contributed by atoms with Crippen LogP contribution in [0.2, 0.25) is 0 Å². The Morgan fingerprint density at radius 2 is 2.11 bits per heavy atom. The Hall–Kier alpha value is -1.30. The maximum absolute atomic E-state index is 12.4. The van der Waals surface area contributed by atoms with Gasteiger partial charge in [-0.25, -0.2) is 0 Å². The predicted molar refractivity (Wildman–Crippen MR) is 76.0 cm³/mol. The summed E-state index contributed by atoms with van der Waals surface area (Å²) in [6, 6.07) is 1.80. The molecule has 1 rings (SSSR count). The summed E-state index contributed by atoms with van der Waals surface area (Å²) in [6.07, 6.45) is 2.09. The zero-order valence-corrected chi connectivity index (χ0v) is 13.1. The molecule has 0 aliphatic heterocycles. The third-order valence-corrected chi connectivity index (χ3v) is 3.34. The number of halogens is 1. The van der Waals surface area contributed by atoms with Crippen molar-refractivity contribution in [2.75, 3.05) is 20.2 Å². The Labute approximate surface area is 121 Å². The van der Waals surface area contributed by atoms with E-state index in [1.807, 2.05) is 24.6 Å². The number of hydrogen-bond donors (Lipinski definition) is 0. The fourth-order valence-corrected chi connectivity index (χ4v) is 2.27. The van der Waals surface area contributed by atoms with Crippen LogP contribution in [-0.4, -0.2) is 41.5 Å². The highest BCUT2D eigenvalue weighted by Gasteiger charge is 2.19. The van der Waals surface area contributed by atoms with Crippen LogP contribution in [0.5, 0.6) is 0 Å². The van der Waals surface area contributed by atoms with E-state index in [0.717, 1.165) is 11.0 Å². The molecule has 0 saturated heterocycles. The molecule has 106 valence electrons. The van der Waals surface area contributed by atoms with Crippen LogP contribution in [0, 0.1) is 0 Å². The van der Waals surface area contributed by atoms with Gasteiger partial charge < -0.3 is 14.2 Å². The van der Waals surface area contributed by atoms with Crippen LogP contribution in [0.3, 0.4) is 0 Å². The van der Waals surface area contributed by atoms with Crippen LogP contribution in [0.15, 0.2) is 16.7 Å². The van der Waals surface area contributed by atoms with Gasteiger partial charge in [0, 0.05) is 30.3 Å². The topological polar surface area (TPSA) is 51.5 Å². The van der Waals surface area contributed by atoms with Crippen molar-refractivity contribution in [1.82, 2.24) is 9.47 Å². The summed E-state index contributed by atoms with van der Waals surface area (Å²) in [4.78, 5) is 25.2. The van der Waals surface area contributed by atoms with Crippen molar-refractivity contribution in [3.05, 3.63) is 22.4 Å². The number of nitrogens with zero attached hydrogens (tertiary/aromatic N) is 2. The van der Waals surface area contributed by atoms with E-state index in [4.69, 9.17) is 0 Å². The van der Waals surface area contributed by atoms with Gasteiger partial charge >= 0.3 is 5.97 Å². The maximum atomic E-state index is 12.4. The molecule has 1 aromatic rings. The number of carbonyl (C=O) groups is 2. The van der Waals surface area contributed by atoms with Gasteiger partial charge in [-0.05, 0) is 35.8 Å². The average Bonchev–Trinajstić information content (AvgIpc) is 2.79. The summed E-state index contributed by atoms with van der Waals surface area (Å²) < 4.78 is 7.35. The molecule has 0 radical (unpaired) electrons. The Morgan fingerprint density at radius 1 is 1.42 bits per heavy atom. The quantitative estimate of drug-likeness (QED) is 0.752. The minimum atomic E-state index is -0.307. The molecular weight excluding hydrogens is 312 g/mol. The van der Waals surface area contributed by atoms with Gasteiger partial charge in [-0.1, -0.05) is 0 Å². The molecule has 1 heterocycles. The van der Waals surface area contributed by atoms with Gasteiger partial charge in [0.2, 0.25) is 0 Å². The number of ether oxygens (including phenoxy) is 1. The highest BCUT2D eigenvalue weighted by molar-refractivity contribution is 9.10. The lowest BCUT2D eigenvalue weighted by Gasteiger charge is -2.20. The maximum Gasteiger partial charge on any atom is 0.307 e. The number of aryl methyl sites for hydroxylation is 1. The van der Waals surface area contributed by atoms with Crippen LogP contribution in [0.4, 0.5) is 0 Å². The first-order valence-corrected chi connectivity index (χ1v) is 7.04. The largest absolute Gasteiger partial charge is 0.469 e. The van der Waals surface area contributed by atoms with Crippen LogP contribution < -0.4 is 0 Å². The van der Waals surface area contributed by atoms with Crippen LogP contribution >= 0.6 is 15.9 Å². The lowest BCUT2D eigenvalue weighted by atomic mass is 10.3. The normalized spacial score (nSPS) is 10.3. The fraction of sp³-hybridized carbons (Fsp3) is 0.538. The molecule has 6 heteroatoms. The zero-order chi connectivity index (χ0) is 14.4. The van der Waals surface area contributed by atoms with Crippen LogP contribution in [0.1, 0.15) is 30.8 Å². The van der Waals surface area contributed by atoms with E-state index in [1.54, 1.807) is 11.0 Å². The van der Waals surface area contributed by atoms with E-state index in [1.165, 1.54) is 7.11 Å². The standard InChI is InChI=1S/C13H19BrN2O3/c1-4-15(7-6-12(17)19-3)13(18)11-8-10(14)9-16(11)5-2/h8-9H,4-7H2,1-3H3. The summed E-state index contributed by atoms with van der Waals surface area (Å²) in [5.74, 6) is -0.378. The summed E-state index contributed by atoms with van der Waals surface area (Å²) >= 11 is 3.37. The van der Waals surface area contributed by atoms with E-state index in [-0.39, 0.29) is 18.3 Å². The summed E-state index contributed by atoms with van der Waals surface area (Å²) in [6.45, 7) is 5.52. The Morgan fingerprint density at radius 3 is 2.63 bits per heavy atom. The molecule has 0 fully saturated rings. The molecule has 0 bridgehead atoms. The van der Waals surface area contributed by atoms with Crippen molar-refractivity contribution in [2.24, 2.45) is 0 Å². The number of esters is 1. The SMILES string of the molecule is CCN(CCC(=O)OC)C(=O)c1cc(Br)cn1CC. The predicted octanol–water partition coefficient (Wildman–Crippen LogP) is 2.30. The molecule has 0 aromatic carbocycles. The number of rotatable bonds is 6. The Bertz CT molecular complexity index is 457. The first-order chi connectivity index (χ1) is 9.03. The highest BCUT2D eigenvalue weighted by atomic mass is 79.9. The second kappa shape index (κ2) is 7.33. The molecule has 0 unspecified atom stereocenters. The van der Waals surface area contributed by atoms with Gasteiger partial charge in [-0.15, -0.1) is 0 Å². The average molecular weight is 331 g/mol. The number of amides is 1. The van der Waals surface area contributed by atoms with Crippen molar-refractivity contribution in [1.29, 1.82) is 0 Å². The molecule has 0 spiro atoms. The summed E-state index contributed by atoms with van der Waals surface area (Å²) in [7, 11) is 1.35. The van der Waals surface area contributed by atoms with E-state index in [2.05, 4.69) is 20.7 Å². The molecule has 0 atom stereocenters. The third kappa shape index (κ3) is 4.09. The first kappa shape index (κ1) is 15.8. The minimum absolute atomic E-state index is 0.0704. The minimum Gasteiger partial charge on any atom is -0.469 e. The van der Waals surface area contributed by atoms with E-state index in [9.17, 15) is 9.59 Å². The number of carbonyl (C=O) groups excluding carboxylic acids is 2. The summed E-state index contributed by atoms with van der Waals surface area (Å²) in [5.41, 5.74) is 0.626. The molecule has 0 N–H and O–H groups in total. The van der Waals surface area contributed by atoms with Gasteiger partial charge in [0.1, 0.15) is 5.69 Å². The lowest BCUT2D eigenvalue weighted by Crippen LogP contribution is -2.34. The fourth-order valence-electron chi connectivity index (χ4n) is 1.81. The Balaban J connectivity index is 2.80. The molecule has 1 amide bonds. The van der Waals surface area contributed by atoms with Gasteiger partial charge in [-0.3, -0.25) is 9.59 Å². The molecule has 19 heavy (non-hydrogen) atoms. The van der Waals surface area contributed by atoms with Gasteiger partial charge in [0.15, 0.2) is 0 Å². The smallest absolute Gasteiger partial charge is 0.307 e. The van der Waals surface area contributed by atoms with E-state index < -0.39 is 0 Å². The summed E-state index contributed by atoms with van der Waals surface area (Å²) in [5, 5.41) is 0. The van der Waals surface area contributed by atoms with Gasteiger partial charge in [0.05, 0.1) is 13.5 Å². The zero-order valence-electron chi connectivity index (χ0n) is 11.5. The molecule has 0 aliphatic rings. The van der Waals surface area contributed by atoms with Crippen molar-refractivity contribution >= 4 is 27.8 Å². The van der Waals surface area contributed by atoms with Crippen molar-refractivity contribution < 1.29 is 14.3 Å². The molecule has 5 nitrogen and oxygen atoms in total. The van der Waals surface area contributed by atoms with Crippen LogP contribution in [0.25, 0.3) is 0 Å². The third-order valence-electron chi connectivity index (χ3n) is 2.91. The van der Waals surface area contributed by atoms with Crippen LogP contribution in [-0.2, 0) is 16.1 Å². The Kier molecular flexibility index (Phi) is 6.08. The van der Waals surface area contributed by atoms with E-state index in [0.29, 0.717) is 18.8 Å². The number of methoxy groups -OCH3 is 1. The molecule has 0 aliphatic carbocycles. The lowest BCUT2D eigenvalue weighted by molar-refractivity contribution is -0.140. The van der Waals surface area contributed by atoms with E-state index >= 15 is 0 Å². The highest BCUT2D eigenvalue weighted by Crippen LogP contribution is 2.17. The van der Waals surface area contributed by atoms with Crippen molar-refractivity contribution in [3.63, 3.8) is 0 Å². The molecule has 1 aromatic heterocycles. The monoisotopic (exact) mass is 330 g/mol. The molecular formula is C13H19BrN2O3. The number of aromatic nitrogens is 1. The van der Waals surface area contributed by atoms with Gasteiger partial charge in [-0.2, -0.15) is 0 Å². The second-order valence-corrected chi connectivity index (χ2v) is 4.96. The van der Waals surface area contributed by atoms with Crippen molar-refractivity contribution in [3.8, 4) is 0 Å².